The molecule has 116 valence electrons. The Morgan fingerprint density at radius 3 is 1.92 bits per heavy atom. The molecular formula is C20H12ClNO2. The molecule has 0 aliphatic rings. The van der Waals surface area contributed by atoms with Crippen LogP contribution in [0.2, 0.25) is 5.02 Å². The number of halogens is 1. The summed E-state index contributed by atoms with van der Waals surface area (Å²) in [5.41, 5.74) is 3.03. The summed E-state index contributed by atoms with van der Waals surface area (Å²) >= 11 is 5.80. The molecule has 0 amide bonds. The van der Waals surface area contributed by atoms with Gasteiger partial charge in [-0.25, -0.2) is 4.79 Å². The molecule has 0 N–H and O–H groups in total. The lowest BCUT2D eigenvalue weighted by Crippen LogP contribution is -2.08. The van der Waals surface area contributed by atoms with Crippen LogP contribution in [0.25, 0.3) is 11.1 Å². The average Bonchev–Trinajstić information content (AvgIpc) is 2.63. The summed E-state index contributed by atoms with van der Waals surface area (Å²) in [7, 11) is 0. The number of carbonyl (C=O) groups is 1. The standard InChI is InChI=1S/C20H12ClNO2/c21-18-9-5-17(6-10-18)20(23)24-19-11-7-16(8-12-19)15-3-1-14(13-22)2-4-15/h1-12H. The van der Waals surface area contributed by atoms with E-state index in [9.17, 15) is 4.79 Å². The van der Waals surface area contributed by atoms with Gasteiger partial charge in [0.2, 0.25) is 0 Å². The maximum Gasteiger partial charge on any atom is 0.343 e. The van der Waals surface area contributed by atoms with Gasteiger partial charge < -0.3 is 4.74 Å². The Kier molecular flexibility index (Phi) is 4.60. The highest BCUT2D eigenvalue weighted by Gasteiger charge is 2.08. The van der Waals surface area contributed by atoms with Crippen molar-refractivity contribution in [3.63, 3.8) is 0 Å². The second-order valence-electron chi connectivity index (χ2n) is 5.11. The quantitative estimate of drug-likeness (QED) is 0.495. The van der Waals surface area contributed by atoms with Crippen molar-refractivity contribution in [3.05, 3.63) is 88.9 Å². The van der Waals surface area contributed by atoms with E-state index >= 15 is 0 Å². The molecule has 0 heterocycles. The summed E-state index contributed by atoms with van der Waals surface area (Å²) in [6, 6.07) is 23.1. The largest absolute Gasteiger partial charge is 0.423 e. The molecule has 0 bridgehead atoms. The number of nitriles is 1. The highest BCUT2D eigenvalue weighted by Crippen LogP contribution is 2.23. The second-order valence-corrected chi connectivity index (χ2v) is 5.55. The summed E-state index contributed by atoms with van der Waals surface area (Å²) in [5, 5.41) is 9.39. The van der Waals surface area contributed by atoms with Gasteiger partial charge in [0.15, 0.2) is 0 Å². The number of carbonyl (C=O) groups excluding carboxylic acids is 1. The first-order chi connectivity index (χ1) is 11.7. The first kappa shape index (κ1) is 15.8. The molecule has 0 spiro atoms. The van der Waals surface area contributed by atoms with Crippen LogP contribution in [0.1, 0.15) is 15.9 Å². The minimum atomic E-state index is -0.433. The van der Waals surface area contributed by atoms with E-state index < -0.39 is 5.97 Å². The van der Waals surface area contributed by atoms with Gasteiger partial charge in [-0.15, -0.1) is 0 Å². The van der Waals surface area contributed by atoms with Crippen molar-refractivity contribution < 1.29 is 9.53 Å². The molecule has 0 saturated carbocycles. The van der Waals surface area contributed by atoms with Crippen molar-refractivity contribution in [2.45, 2.75) is 0 Å². The fraction of sp³-hybridized carbons (Fsp3) is 0. The number of nitrogens with zero attached hydrogens (tertiary/aromatic N) is 1. The van der Waals surface area contributed by atoms with E-state index in [1.54, 1.807) is 48.5 Å². The van der Waals surface area contributed by atoms with E-state index in [0.29, 0.717) is 21.9 Å². The zero-order valence-corrected chi connectivity index (χ0v) is 13.3. The van der Waals surface area contributed by atoms with Crippen molar-refractivity contribution in [1.82, 2.24) is 0 Å². The van der Waals surface area contributed by atoms with Crippen LogP contribution in [-0.4, -0.2) is 5.97 Å². The smallest absolute Gasteiger partial charge is 0.343 e. The van der Waals surface area contributed by atoms with E-state index in [-0.39, 0.29) is 0 Å². The number of rotatable bonds is 3. The predicted molar refractivity (Wildman–Crippen MR) is 93.0 cm³/mol. The van der Waals surface area contributed by atoms with Crippen LogP contribution in [0.4, 0.5) is 0 Å². The van der Waals surface area contributed by atoms with E-state index in [1.165, 1.54) is 0 Å². The summed E-state index contributed by atoms with van der Waals surface area (Å²) in [4.78, 5) is 12.1. The van der Waals surface area contributed by atoms with E-state index in [1.807, 2.05) is 24.3 Å². The predicted octanol–water partition coefficient (Wildman–Crippen LogP) is 5.10. The lowest BCUT2D eigenvalue weighted by molar-refractivity contribution is 0.0735. The molecule has 4 heteroatoms. The van der Waals surface area contributed by atoms with Crippen LogP contribution in [0.15, 0.2) is 72.8 Å². The van der Waals surface area contributed by atoms with E-state index in [0.717, 1.165) is 11.1 Å². The molecule has 0 atom stereocenters. The van der Waals surface area contributed by atoms with E-state index in [4.69, 9.17) is 21.6 Å². The van der Waals surface area contributed by atoms with Gasteiger partial charge in [0.25, 0.3) is 0 Å². The SMILES string of the molecule is N#Cc1ccc(-c2ccc(OC(=O)c3ccc(Cl)cc3)cc2)cc1. The van der Waals surface area contributed by atoms with Crippen molar-refractivity contribution in [3.8, 4) is 22.9 Å². The molecule has 3 rings (SSSR count). The van der Waals surface area contributed by atoms with Crippen LogP contribution in [-0.2, 0) is 0 Å². The molecule has 3 nitrogen and oxygen atoms in total. The van der Waals surface area contributed by atoms with Crippen molar-refractivity contribution in [2.24, 2.45) is 0 Å². The Balaban J connectivity index is 1.73. The first-order valence-corrected chi connectivity index (χ1v) is 7.62. The highest BCUT2D eigenvalue weighted by molar-refractivity contribution is 6.30. The number of esters is 1. The fourth-order valence-electron chi connectivity index (χ4n) is 2.20. The molecule has 0 aliphatic carbocycles. The Morgan fingerprint density at radius 2 is 1.38 bits per heavy atom. The van der Waals surface area contributed by atoms with Crippen LogP contribution in [0.3, 0.4) is 0 Å². The maximum absolute atomic E-state index is 12.1. The molecule has 0 saturated heterocycles. The van der Waals surface area contributed by atoms with Gasteiger partial charge in [-0.2, -0.15) is 5.26 Å². The van der Waals surface area contributed by atoms with Gasteiger partial charge in [0.05, 0.1) is 17.2 Å². The van der Waals surface area contributed by atoms with Crippen molar-refractivity contribution in [1.29, 1.82) is 5.26 Å². The summed E-state index contributed by atoms with van der Waals surface area (Å²) in [5.74, 6) is 0.0325. The molecule has 3 aromatic rings. The second kappa shape index (κ2) is 6.99. The summed E-state index contributed by atoms with van der Waals surface area (Å²) in [6.07, 6.45) is 0. The maximum atomic E-state index is 12.1. The lowest BCUT2D eigenvalue weighted by atomic mass is 10.0. The molecule has 0 radical (unpaired) electrons. The minimum Gasteiger partial charge on any atom is -0.423 e. The third kappa shape index (κ3) is 3.62. The third-order valence-electron chi connectivity index (χ3n) is 3.49. The number of benzene rings is 3. The van der Waals surface area contributed by atoms with Gasteiger partial charge in [-0.1, -0.05) is 35.9 Å². The zero-order chi connectivity index (χ0) is 16.9. The van der Waals surface area contributed by atoms with Gasteiger partial charge in [0, 0.05) is 5.02 Å². The summed E-state index contributed by atoms with van der Waals surface area (Å²) < 4.78 is 5.34. The number of hydrogen-bond acceptors (Lipinski definition) is 3. The van der Waals surface area contributed by atoms with Crippen LogP contribution >= 0.6 is 11.6 Å². The topological polar surface area (TPSA) is 50.1 Å². The number of hydrogen-bond donors (Lipinski definition) is 0. The Hall–Kier alpha value is -3.09. The van der Waals surface area contributed by atoms with Gasteiger partial charge in [-0.05, 0) is 59.7 Å². The normalized spacial score (nSPS) is 10.0. The average molecular weight is 334 g/mol. The fourth-order valence-corrected chi connectivity index (χ4v) is 2.33. The monoisotopic (exact) mass is 333 g/mol. The lowest BCUT2D eigenvalue weighted by Gasteiger charge is -2.06. The Morgan fingerprint density at radius 1 is 0.833 bits per heavy atom. The minimum absolute atomic E-state index is 0.433. The summed E-state index contributed by atoms with van der Waals surface area (Å²) in [6.45, 7) is 0. The van der Waals surface area contributed by atoms with Crippen LogP contribution in [0.5, 0.6) is 5.75 Å². The molecule has 0 unspecified atom stereocenters. The molecule has 0 fully saturated rings. The van der Waals surface area contributed by atoms with Gasteiger partial charge in [0.1, 0.15) is 5.75 Å². The molecule has 24 heavy (non-hydrogen) atoms. The molecule has 0 aliphatic heterocycles. The molecular weight excluding hydrogens is 322 g/mol. The van der Waals surface area contributed by atoms with Crippen LogP contribution < -0.4 is 4.74 Å². The van der Waals surface area contributed by atoms with Gasteiger partial charge >= 0.3 is 5.97 Å². The van der Waals surface area contributed by atoms with Crippen LogP contribution in [0, 0.1) is 11.3 Å². The zero-order valence-electron chi connectivity index (χ0n) is 12.6. The van der Waals surface area contributed by atoms with Crippen molar-refractivity contribution in [2.75, 3.05) is 0 Å². The first-order valence-electron chi connectivity index (χ1n) is 7.24. The van der Waals surface area contributed by atoms with Crippen molar-refractivity contribution >= 4 is 17.6 Å². The van der Waals surface area contributed by atoms with E-state index in [2.05, 4.69) is 6.07 Å². The third-order valence-corrected chi connectivity index (χ3v) is 3.74. The Labute approximate surface area is 144 Å². The molecule has 0 aromatic heterocycles. The number of ether oxygens (including phenoxy) is 1. The highest BCUT2D eigenvalue weighted by atomic mass is 35.5. The Bertz CT molecular complexity index is 892. The van der Waals surface area contributed by atoms with Gasteiger partial charge in [-0.3, -0.25) is 0 Å². The molecule has 3 aromatic carbocycles.